The maximum atomic E-state index is 11.3. The van der Waals surface area contributed by atoms with Crippen molar-refractivity contribution in [3.63, 3.8) is 0 Å². The Morgan fingerprint density at radius 2 is 2.23 bits per heavy atom. The van der Waals surface area contributed by atoms with E-state index in [0.717, 1.165) is 10.6 Å². The van der Waals surface area contributed by atoms with E-state index in [2.05, 4.69) is 5.32 Å². The molecule has 0 saturated heterocycles. The number of rotatable bonds is 1. The molecule has 2 rings (SSSR count). The smallest absolute Gasteiger partial charge is 0.264 e. The Morgan fingerprint density at radius 1 is 1.46 bits per heavy atom. The first-order valence-corrected chi connectivity index (χ1v) is 4.78. The normalized spacial score (nSPS) is 20.7. The van der Waals surface area contributed by atoms with Crippen molar-refractivity contribution in [2.45, 2.75) is 10.3 Å². The molecule has 0 aromatic heterocycles. The summed E-state index contributed by atoms with van der Waals surface area (Å²) in [5.41, 5.74) is 0.445. The van der Waals surface area contributed by atoms with Gasteiger partial charge in [-0.2, -0.15) is 0 Å². The Hall–Kier alpha value is -1.00. The molecule has 1 aliphatic heterocycles. The van der Waals surface area contributed by atoms with Gasteiger partial charge in [0.25, 0.3) is 5.91 Å². The predicted molar refractivity (Wildman–Crippen MR) is 51.7 cm³/mol. The lowest BCUT2D eigenvalue weighted by molar-refractivity contribution is -0.121. The van der Waals surface area contributed by atoms with Crippen molar-refractivity contribution in [3.05, 3.63) is 24.3 Å². The number of nitrogens with one attached hydrogen (secondary N) is 1. The van der Waals surface area contributed by atoms with Crippen LogP contribution in [0.5, 0.6) is 0 Å². The third-order valence-electron chi connectivity index (χ3n) is 1.81. The first-order valence-electron chi connectivity index (χ1n) is 3.90. The predicted octanol–water partition coefficient (Wildman–Crippen LogP) is 1.70. The number of amides is 1. The van der Waals surface area contributed by atoms with Gasteiger partial charge in [0.05, 0.1) is 5.69 Å². The number of carbonyl (C=O) groups is 1. The lowest BCUT2D eigenvalue weighted by atomic mass is 10.3. The van der Waals surface area contributed by atoms with Crippen molar-refractivity contribution >= 4 is 23.4 Å². The fourth-order valence-corrected chi connectivity index (χ4v) is 2.08. The van der Waals surface area contributed by atoms with E-state index in [1.165, 1.54) is 18.9 Å². The third-order valence-corrected chi connectivity index (χ3v) is 3.04. The quantitative estimate of drug-likeness (QED) is 0.741. The molecule has 4 heteroatoms. The topological polar surface area (TPSA) is 38.3 Å². The van der Waals surface area contributed by atoms with Crippen molar-refractivity contribution in [3.8, 4) is 0 Å². The van der Waals surface area contributed by atoms with Gasteiger partial charge < -0.3 is 10.1 Å². The Morgan fingerprint density at radius 3 is 3.00 bits per heavy atom. The number of hydrogen-bond acceptors (Lipinski definition) is 3. The number of carbonyl (C=O) groups excluding carboxylic acids is 1. The molecule has 0 spiro atoms. The number of benzene rings is 1. The minimum Gasteiger partial charge on any atom is -0.360 e. The van der Waals surface area contributed by atoms with Crippen LogP contribution >= 0.6 is 11.8 Å². The zero-order valence-electron chi connectivity index (χ0n) is 7.11. The highest BCUT2D eigenvalue weighted by molar-refractivity contribution is 8.00. The first-order chi connectivity index (χ1) is 6.31. The number of anilines is 1. The molecule has 0 saturated carbocycles. The van der Waals surface area contributed by atoms with Gasteiger partial charge in [-0.15, -0.1) is 0 Å². The summed E-state index contributed by atoms with van der Waals surface area (Å²) in [5.74, 6) is -0.0915. The van der Waals surface area contributed by atoms with Gasteiger partial charge in [0.15, 0.2) is 5.44 Å². The van der Waals surface area contributed by atoms with Crippen LogP contribution < -0.4 is 5.32 Å². The summed E-state index contributed by atoms with van der Waals surface area (Å²) in [6.45, 7) is 0. The SMILES string of the molecule is CO[C@@H]1Sc2ccccc2NC1=O. The van der Waals surface area contributed by atoms with Gasteiger partial charge >= 0.3 is 0 Å². The molecule has 0 bridgehead atoms. The lowest BCUT2D eigenvalue weighted by Crippen LogP contribution is -2.30. The van der Waals surface area contributed by atoms with Crippen LogP contribution in [0.25, 0.3) is 0 Å². The van der Waals surface area contributed by atoms with Gasteiger partial charge in [0.2, 0.25) is 0 Å². The second kappa shape index (κ2) is 3.40. The van der Waals surface area contributed by atoms with E-state index in [0.29, 0.717) is 0 Å². The zero-order valence-corrected chi connectivity index (χ0v) is 7.93. The van der Waals surface area contributed by atoms with Gasteiger partial charge in [0.1, 0.15) is 0 Å². The number of methoxy groups -OCH3 is 1. The van der Waals surface area contributed by atoms with Crippen molar-refractivity contribution in [1.82, 2.24) is 0 Å². The van der Waals surface area contributed by atoms with Crippen LogP contribution in [0.4, 0.5) is 5.69 Å². The monoisotopic (exact) mass is 195 g/mol. The molecule has 1 N–H and O–H groups in total. The Labute approximate surface area is 80.5 Å². The van der Waals surface area contributed by atoms with Crippen LogP contribution in [0, 0.1) is 0 Å². The van der Waals surface area contributed by atoms with Crippen LogP contribution in [0.2, 0.25) is 0 Å². The number of para-hydroxylation sites is 1. The van der Waals surface area contributed by atoms with E-state index in [9.17, 15) is 4.79 Å². The molecule has 1 aromatic rings. The summed E-state index contributed by atoms with van der Waals surface area (Å²) in [6, 6.07) is 7.68. The summed E-state index contributed by atoms with van der Waals surface area (Å²) in [4.78, 5) is 12.4. The van der Waals surface area contributed by atoms with E-state index in [-0.39, 0.29) is 5.91 Å². The zero-order chi connectivity index (χ0) is 9.26. The molecule has 68 valence electrons. The highest BCUT2D eigenvalue weighted by Gasteiger charge is 2.25. The van der Waals surface area contributed by atoms with Gasteiger partial charge in [0, 0.05) is 12.0 Å². The van der Waals surface area contributed by atoms with Crippen LogP contribution in [0.1, 0.15) is 0 Å². The van der Waals surface area contributed by atoms with Gasteiger partial charge in [-0.1, -0.05) is 23.9 Å². The average molecular weight is 195 g/mol. The maximum absolute atomic E-state index is 11.3. The highest BCUT2D eigenvalue weighted by atomic mass is 32.2. The van der Waals surface area contributed by atoms with Crippen molar-refractivity contribution in [2.24, 2.45) is 0 Å². The molecule has 0 unspecified atom stereocenters. The second-order valence-corrected chi connectivity index (χ2v) is 3.77. The summed E-state index contributed by atoms with van der Waals surface area (Å²) >= 11 is 1.43. The van der Waals surface area contributed by atoms with Crippen LogP contribution in [-0.2, 0) is 9.53 Å². The molecule has 1 aliphatic rings. The van der Waals surface area contributed by atoms with E-state index in [4.69, 9.17) is 4.74 Å². The second-order valence-electron chi connectivity index (χ2n) is 2.67. The molecule has 1 heterocycles. The van der Waals surface area contributed by atoms with Gasteiger partial charge in [-0.25, -0.2) is 0 Å². The van der Waals surface area contributed by atoms with Crippen LogP contribution in [0.15, 0.2) is 29.2 Å². The Balaban J connectivity index is 2.33. The molecule has 1 atom stereocenters. The molecular formula is C9H9NO2S. The molecule has 0 radical (unpaired) electrons. The van der Waals surface area contributed by atoms with Crippen molar-refractivity contribution in [1.29, 1.82) is 0 Å². The minimum atomic E-state index is -0.421. The summed E-state index contributed by atoms with van der Waals surface area (Å²) in [7, 11) is 1.53. The molecule has 3 nitrogen and oxygen atoms in total. The maximum Gasteiger partial charge on any atom is 0.264 e. The number of hydrogen-bond donors (Lipinski definition) is 1. The van der Waals surface area contributed by atoms with Crippen molar-refractivity contribution in [2.75, 3.05) is 12.4 Å². The van der Waals surface area contributed by atoms with Crippen LogP contribution in [0.3, 0.4) is 0 Å². The molecular weight excluding hydrogens is 186 g/mol. The summed E-state index contributed by atoms with van der Waals surface area (Å²) in [6.07, 6.45) is 0. The number of ether oxygens (including phenoxy) is 1. The fraction of sp³-hybridized carbons (Fsp3) is 0.222. The highest BCUT2D eigenvalue weighted by Crippen LogP contribution is 2.35. The molecule has 1 amide bonds. The summed E-state index contributed by atoms with van der Waals surface area (Å²) in [5, 5.41) is 2.78. The number of thioether (sulfide) groups is 1. The van der Waals surface area contributed by atoms with Gasteiger partial charge in [-0.3, -0.25) is 4.79 Å². The fourth-order valence-electron chi connectivity index (χ4n) is 1.19. The van der Waals surface area contributed by atoms with Crippen LogP contribution in [-0.4, -0.2) is 18.5 Å². The van der Waals surface area contributed by atoms with Crippen molar-refractivity contribution < 1.29 is 9.53 Å². The molecule has 1 aromatic carbocycles. The van der Waals surface area contributed by atoms with Gasteiger partial charge in [-0.05, 0) is 12.1 Å². The lowest BCUT2D eigenvalue weighted by Gasteiger charge is -2.22. The summed E-state index contributed by atoms with van der Waals surface area (Å²) < 4.78 is 5.01. The van der Waals surface area contributed by atoms with E-state index in [1.54, 1.807) is 0 Å². The Bertz CT molecular complexity index is 340. The van der Waals surface area contributed by atoms with E-state index in [1.807, 2.05) is 24.3 Å². The van der Waals surface area contributed by atoms with E-state index >= 15 is 0 Å². The van der Waals surface area contributed by atoms with E-state index < -0.39 is 5.44 Å². The molecule has 0 aliphatic carbocycles. The third kappa shape index (κ3) is 1.55. The number of fused-ring (bicyclic) bond motifs is 1. The standard InChI is InChI=1S/C9H9NO2S/c1-12-9-8(11)10-6-4-2-3-5-7(6)13-9/h2-5,9H,1H3,(H,10,11)/t9-/m1/s1. The Kier molecular flexibility index (Phi) is 2.24. The average Bonchev–Trinajstić information content (AvgIpc) is 2.17. The largest absolute Gasteiger partial charge is 0.360 e. The molecule has 0 fully saturated rings. The minimum absolute atomic E-state index is 0.0915. The molecule has 13 heavy (non-hydrogen) atoms. The first kappa shape index (κ1) is 8.59.